The lowest BCUT2D eigenvalue weighted by atomic mass is 10.1. The molecule has 138 valence electrons. The Labute approximate surface area is 155 Å². The van der Waals surface area contributed by atoms with Crippen LogP contribution in [0.3, 0.4) is 0 Å². The van der Waals surface area contributed by atoms with Gasteiger partial charge in [0, 0.05) is 17.8 Å². The van der Waals surface area contributed by atoms with Crippen LogP contribution in [0.2, 0.25) is 0 Å². The van der Waals surface area contributed by atoms with Crippen molar-refractivity contribution in [2.75, 3.05) is 24.7 Å². The number of nitrogen functional groups attached to an aromatic ring is 2. The van der Waals surface area contributed by atoms with Crippen LogP contribution in [0.4, 0.5) is 10.7 Å². The number of amides is 1. The number of nitrogens with two attached hydrogens (primary N) is 3. The molecule has 1 aliphatic heterocycles. The van der Waals surface area contributed by atoms with Gasteiger partial charge in [-0.15, -0.1) is 11.3 Å². The maximum Gasteiger partial charge on any atom is 0.263 e. The standard InChI is InChI=1S/C18H22N4O3S/c1-9(10(2)19)14-15(20)16(26-17(14)21)18(23)22-8-11-3-4-12-13(7-11)25-6-5-24-12/h3-4,7H,5-6,8,19-21H2,1-2H3,(H,22,23)/b10-9-. The molecule has 0 fully saturated rings. The Bertz CT molecular complexity index is 885. The summed E-state index contributed by atoms with van der Waals surface area (Å²) in [4.78, 5) is 12.9. The van der Waals surface area contributed by atoms with Crippen LogP contribution in [0.5, 0.6) is 11.5 Å². The molecular formula is C18H22N4O3S. The van der Waals surface area contributed by atoms with Crippen molar-refractivity contribution >= 4 is 33.5 Å². The summed E-state index contributed by atoms with van der Waals surface area (Å²) < 4.78 is 11.0. The van der Waals surface area contributed by atoms with Crippen LogP contribution in [0.15, 0.2) is 23.9 Å². The first-order chi connectivity index (χ1) is 12.4. The lowest BCUT2D eigenvalue weighted by Crippen LogP contribution is -2.23. The van der Waals surface area contributed by atoms with E-state index in [1.165, 1.54) is 0 Å². The van der Waals surface area contributed by atoms with E-state index in [4.69, 9.17) is 26.7 Å². The van der Waals surface area contributed by atoms with Gasteiger partial charge in [-0.05, 0) is 37.1 Å². The highest BCUT2D eigenvalue weighted by atomic mass is 32.1. The van der Waals surface area contributed by atoms with Crippen LogP contribution in [0.25, 0.3) is 5.57 Å². The summed E-state index contributed by atoms with van der Waals surface area (Å²) in [7, 11) is 0. The third-order valence-corrected chi connectivity index (χ3v) is 5.24. The van der Waals surface area contributed by atoms with E-state index in [1.807, 2.05) is 25.1 Å². The van der Waals surface area contributed by atoms with Gasteiger partial charge in [-0.2, -0.15) is 0 Å². The third-order valence-electron chi connectivity index (χ3n) is 4.20. The Morgan fingerprint density at radius 1 is 1.19 bits per heavy atom. The van der Waals surface area contributed by atoms with Crippen LogP contribution in [-0.2, 0) is 6.54 Å². The number of carbonyl (C=O) groups is 1. The second kappa shape index (κ2) is 7.17. The van der Waals surface area contributed by atoms with E-state index in [-0.39, 0.29) is 5.91 Å². The predicted molar refractivity (Wildman–Crippen MR) is 104 cm³/mol. The summed E-state index contributed by atoms with van der Waals surface area (Å²) in [6, 6.07) is 5.58. The van der Waals surface area contributed by atoms with Crippen LogP contribution in [0, 0.1) is 0 Å². The fourth-order valence-electron chi connectivity index (χ4n) is 2.68. The van der Waals surface area contributed by atoms with Crippen molar-refractivity contribution in [2.24, 2.45) is 5.73 Å². The number of nitrogens with one attached hydrogen (secondary N) is 1. The zero-order valence-electron chi connectivity index (χ0n) is 14.7. The van der Waals surface area contributed by atoms with Gasteiger partial charge < -0.3 is 32.0 Å². The van der Waals surface area contributed by atoms with Gasteiger partial charge in [0.25, 0.3) is 5.91 Å². The molecule has 1 aromatic carbocycles. The highest BCUT2D eigenvalue weighted by Gasteiger charge is 2.21. The molecule has 1 aliphatic rings. The van der Waals surface area contributed by atoms with E-state index in [1.54, 1.807) is 6.92 Å². The summed E-state index contributed by atoms with van der Waals surface area (Å²) in [5.41, 5.74) is 21.3. The molecular weight excluding hydrogens is 352 g/mol. The first-order valence-electron chi connectivity index (χ1n) is 8.16. The number of carbonyl (C=O) groups excluding carboxylic acids is 1. The predicted octanol–water partition coefficient (Wildman–Crippen LogP) is 2.32. The van der Waals surface area contributed by atoms with Crippen LogP contribution >= 0.6 is 11.3 Å². The smallest absolute Gasteiger partial charge is 0.263 e. The van der Waals surface area contributed by atoms with E-state index in [0.29, 0.717) is 58.1 Å². The Hall–Kier alpha value is -2.87. The van der Waals surface area contributed by atoms with Crippen molar-refractivity contribution in [3.8, 4) is 11.5 Å². The molecule has 26 heavy (non-hydrogen) atoms. The molecule has 7 nitrogen and oxygen atoms in total. The minimum atomic E-state index is -0.275. The molecule has 0 saturated heterocycles. The molecule has 1 amide bonds. The zero-order chi connectivity index (χ0) is 18.8. The molecule has 8 heteroatoms. The molecule has 0 atom stereocenters. The summed E-state index contributed by atoms with van der Waals surface area (Å²) >= 11 is 1.16. The molecule has 7 N–H and O–H groups in total. The lowest BCUT2D eigenvalue weighted by molar-refractivity contribution is 0.0955. The minimum Gasteiger partial charge on any atom is -0.486 e. The van der Waals surface area contributed by atoms with E-state index in [2.05, 4.69) is 5.32 Å². The van der Waals surface area contributed by atoms with Crippen molar-refractivity contribution < 1.29 is 14.3 Å². The first kappa shape index (κ1) is 17.9. The number of thiophene rings is 1. The molecule has 0 bridgehead atoms. The van der Waals surface area contributed by atoms with Gasteiger partial charge in [-0.1, -0.05) is 6.07 Å². The van der Waals surface area contributed by atoms with E-state index in [0.717, 1.165) is 22.5 Å². The summed E-state index contributed by atoms with van der Waals surface area (Å²) in [5.74, 6) is 1.12. The first-order valence-corrected chi connectivity index (χ1v) is 8.98. The fraction of sp³-hybridized carbons (Fsp3) is 0.278. The van der Waals surface area contributed by atoms with Gasteiger partial charge >= 0.3 is 0 Å². The molecule has 1 aromatic heterocycles. The summed E-state index contributed by atoms with van der Waals surface area (Å²) in [5, 5.41) is 3.34. The molecule has 2 heterocycles. The van der Waals surface area contributed by atoms with Gasteiger partial charge in [-0.25, -0.2) is 0 Å². The number of fused-ring (bicyclic) bond motifs is 1. The number of hydrogen-bond acceptors (Lipinski definition) is 7. The number of allylic oxidation sites excluding steroid dienone is 2. The number of benzene rings is 1. The zero-order valence-corrected chi connectivity index (χ0v) is 15.5. The van der Waals surface area contributed by atoms with E-state index >= 15 is 0 Å². The summed E-state index contributed by atoms with van der Waals surface area (Å²) in [6.45, 7) is 5.01. The van der Waals surface area contributed by atoms with Gasteiger partial charge in [0.2, 0.25) is 0 Å². The van der Waals surface area contributed by atoms with Crippen LogP contribution in [0.1, 0.15) is 34.6 Å². The number of hydrogen-bond donors (Lipinski definition) is 4. The second-order valence-corrected chi connectivity index (χ2v) is 7.11. The van der Waals surface area contributed by atoms with Gasteiger partial charge in [0.15, 0.2) is 11.5 Å². The van der Waals surface area contributed by atoms with Crippen molar-refractivity contribution in [3.63, 3.8) is 0 Å². The molecule has 0 radical (unpaired) electrons. The van der Waals surface area contributed by atoms with Crippen molar-refractivity contribution in [1.82, 2.24) is 5.32 Å². The molecule has 0 spiro atoms. The average molecular weight is 374 g/mol. The van der Waals surface area contributed by atoms with Crippen LogP contribution < -0.4 is 32.0 Å². The van der Waals surface area contributed by atoms with E-state index in [9.17, 15) is 4.79 Å². The quantitative estimate of drug-likeness (QED) is 0.651. The largest absolute Gasteiger partial charge is 0.486 e. The monoisotopic (exact) mass is 374 g/mol. The van der Waals surface area contributed by atoms with Crippen molar-refractivity contribution in [3.05, 3.63) is 39.9 Å². The molecule has 2 aromatic rings. The second-order valence-electron chi connectivity index (χ2n) is 6.05. The number of ether oxygens (including phenoxy) is 2. The van der Waals surface area contributed by atoms with Gasteiger partial charge in [0.1, 0.15) is 18.1 Å². The number of rotatable bonds is 4. The minimum absolute atomic E-state index is 0.275. The lowest BCUT2D eigenvalue weighted by Gasteiger charge is -2.18. The average Bonchev–Trinajstić information content (AvgIpc) is 2.93. The fourth-order valence-corrected chi connectivity index (χ4v) is 3.64. The van der Waals surface area contributed by atoms with Crippen molar-refractivity contribution in [2.45, 2.75) is 20.4 Å². The third kappa shape index (κ3) is 3.41. The maximum atomic E-state index is 12.5. The number of anilines is 2. The summed E-state index contributed by atoms with van der Waals surface area (Å²) in [6.07, 6.45) is 0. The normalized spacial score (nSPS) is 13.9. The SMILES string of the molecule is C/C(N)=C(\C)c1c(N)sc(C(=O)NCc2ccc3c(c2)OCCO3)c1N. The Morgan fingerprint density at radius 2 is 1.88 bits per heavy atom. The van der Waals surface area contributed by atoms with Crippen LogP contribution in [-0.4, -0.2) is 19.1 Å². The molecule has 0 unspecified atom stereocenters. The molecule has 0 aliphatic carbocycles. The molecule has 3 rings (SSSR count). The topological polar surface area (TPSA) is 126 Å². The van der Waals surface area contributed by atoms with Gasteiger partial charge in [0.05, 0.1) is 10.7 Å². The highest BCUT2D eigenvalue weighted by molar-refractivity contribution is 7.18. The Balaban J connectivity index is 1.75. The van der Waals surface area contributed by atoms with Crippen molar-refractivity contribution in [1.29, 1.82) is 0 Å². The van der Waals surface area contributed by atoms with Gasteiger partial charge in [-0.3, -0.25) is 4.79 Å². The Morgan fingerprint density at radius 3 is 2.58 bits per heavy atom. The highest BCUT2D eigenvalue weighted by Crippen LogP contribution is 2.38. The maximum absolute atomic E-state index is 12.5. The van der Waals surface area contributed by atoms with E-state index < -0.39 is 0 Å². The molecule has 0 saturated carbocycles. The Kier molecular flexibility index (Phi) is 4.94.